The van der Waals surface area contributed by atoms with Crippen LogP contribution in [0.5, 0.6) is 0 Å². The molecule has 0 fully saturated rings. The smallest absolute Gasteiger partial charge is 0.172 e. The highest BCUT2D eigenvalue weighted by atomic mass is 32.2. The first kappa shape index (κ1) is 9.40. The fourth-order valence-electron chi connectivity index (χ4n) is 1.49. The molecule has 0 aliphatic carbocycles. The van der Waals surface area contributed by atoms with E-state index in [1.54, 1.807) is 18.2 Å². The molecule has 1 aromatic carbocycles. The van der Waals surface area contributed by atoms with E-state index in [1.165, 1.54) is 17.5 Å². The Kier molecular flexibility index (Phi) is 2.15. The summed E-state index contributed by atoms with van der Waals surface area (Å²) < 4.78 is 34.8. The monoisotopic (exact) mass is 212 g/mol. The molecule has 4 heteroatoms. The molecular formula is C10H9FO2S. The van der Waals surface area contributed by atoms with Crippen molar-refractivity contribution < 1.29 is 12.8 Å². The summed E-state index contributed by atoms with van der Waals surface area (Å²) in [5.41, 5.74) is 0.837. The van der Waals surface area contributed by atoms with Crippen molar-refractivity contribution in [2.75, 3.05) is 5.75 Å². The summed E-state index contributed by atoms with van der Waals surface area (Å²) in [5.74, 6) is -0.335. The second kappa shape index (κ2) is 3.20. The van der Waals surface area contributed by atoms with Gasteiger partial charge in [0.2, 0.25) is 0 Å². The molecule has 1 aromatic rings. The van der Waals surface area contributed by atoms with Crippen molar-refractivity contribution in [3.8, 4) is 0 Å². The minimum absolute atomic E-state index is 0.0959. The molecular weight excluding hydrogens is 203 g/mol. The topological polar surface area (TPSA) is 34.1 Å². The van der Waals surface area contributed by atoms with Crippen LogP contribution >= 0.6 is 0 Å². The van der Waals surface area contributed by atoms with Crippen LogP contribution < -0.4 is 0 Å². The first-order valence-corrected chi connectivity index (χ1v) is 5.95. The van der Waals surface area contributed by atoms with Crippen LogP contribution in [0, 0.1) is 5.82 Å². The lowest BCUT2D eigenvalue weighted by molar-refractivity contribution is 0.604. The fourth-order valence-corrected chi connectivity index (χ4v) is 2.84. The third-order valence-electron chi connectivity index (χ3n) is 2.23. The van der Waals surface area contributed by atoms with Gasteiger partial charge in [-0.3, -0.25) is 0 Å². The Hall–Kier alpha value is -1.16. The zero-order chi connectivity index (χ0) is 10.2. The maximum absolute atomic E-state index is 12.6. The van der Waals surface area contributed by atoms with Crippen LogP contribution in [-0.4, -0.2) is 14.2 Å². The highest BCUT2D eigenvalue weighted by Gasteiger charge is 2.22. The predicted molar refractivity (Wildman–Crippen MR) is 52.1 cm³/mol. The summed E-state index contributed by atoms with van der Waals surface area (Å²) >= 11 is 0. The van der Waals surface area contributed by atoms with E-state index in [0.29, 0.717) is 0 Å². The van der Waals surface area contributed by atoms with Gasteiger partial charge in [-0.1, -0.05) is 18.2 Å². The summed E-state index contributed by atoms with van der Waals surface area (Å²) in [7, 11) is -3.03. The first-order chi connectivity index (χ1) is 6.57. The number of benzene rings is 1. The van der Waals surface area contributed by atoms with Crippen molar-refractivity contribution in [3.05, 3.63) is 47.1 Å². The lowest BCUT2D eigenvalue weighted by Crippen LogP contribution is -2.03. The van der Waals surface area contributed by atoms with Crippen LogP contribution in [0.15, 0.2) is 35.7 Å². The van der Waals surface area contributed by atoms with Crippen LogP contribution in [0.1, 0.15) is 11.5 Å². The normalized spacial score (nSPS) is 23.9. The van der Waals surface area contributed by atoms with Crippen LogP contribution in [-0.2, 0) is 9.84 Å². The number of rotatable bonds is 1. The van der Waals surface area contributed by atoms with Crippen LogP contribution in [0.2, 0.25) is 0 Å². The predicted octanol–water partition coefficient (Wildman–Crippen LogP) is 1.85. The maximum Gasteiger partial charge on any atom is 0.172 e. The molecule has 1 heterocycles. The highest BCUT2D eigenvalue weighted by Crippen LogP contribution is 2.25. The van der Waals surface area contributed by atoms with Gasteiger partial charge in [0, 0.05) is 11.3 Å². The molecule has 0 radical (unpaired) electrons. The molecule has 1 aliphatic rings. The highest BCUT2D eigenvalue weighted by molar-refractivity contribution is 7.94. The van der Waals surface area contributed by atoms with Gasteiger partial charge in [0.1, 0.15) is 5.82 Å². The van der Waals surface area contributed by atoms with E-state index in [1.807, 2.05) is 0 Å². The minimum atomic E-state index is -3.03. The summed E-state index contributed by atoms with van der Waals surface area (Å²) in [6.45, 7) is 0. The average Bonchev–Trinajstić information content (AvgIpc) is 2.47. The van der Waals surface area contributed by atoms with E-state index in [4.69, 9.17) is 0 Å². The number of hydrogen-bond donors (Lipinski definition) is 0. The van der Waals surface area contributed by atoms with Gasteiger partial charge in [-0.05, 0) is 17.7 Å². The SMILES string of the molecule is O=S1(=O)C=CC(c2ccc(F)cc2)C1. The molecule has 2 nitrogen and oxygen atoms in total. The van der Waals surface area contributed by atoms with Crippen molar-refractivity contribution in [2.45, 2.75) is 5.92 Å². The van der Waals surface area contributed by atoms with E-state index in [9.17, 15) is 12.8 Å². The molecule has 1 aliphatic heterocycles. The zero-order valence-electron chi connectivity index (χ0n) is 7.35. The summed E-state index contributed by atoms with van der Waals surface area (Å²) in [6, 6.07) is 5.92. The average molecular weight is 212 g/mol. The van der Waals surface area contributed by atoms with Crippen LogP contribution in [0.3, 0.4) is 0 Å². The maximum atomic E-state index is 12.6. The third kappa shape index (κ3) is 1.85. The van der Waals surface area contributed by atoms with Gasteiger partial charge in [0.25, 0.3) is 0 Å². The van der Waals surface area contributed by atoms with Gasteiger partial charge in [0.15, 0.2) is 9.84 Å². The van der Waals surface area contributed by atoms with Gasteiger partial charge in [-0.15, -0.1) is 0 Å². The molecule has 0 saturated heterocycles. The molecule has 0 amide bonds. The number of halogens is 1. The standard InChI is InChI=1S/C10H9FO2S/c11-10-3-1-8(2-4-10)9-5-6-14(12,13)7-9/h1-6,9H,7H2. The largest absolute Gasteiger partial charge is 0.224 e. The number of sulfone groups is 1. The lowest BCUT2D eigenvalue weighted by atomic mass is 10.0. The Labute approximate surface area is 82.0 Å². The summed E-state index contributed by atoms with van der Waals surface area (Å²) in [4.78, 5) is 0. The van der Waals surface area contributed by atoms with Crippen LogP contribution in [0.25, 0.3) is 0 Å². The second-order valence-corrected chi connectivity index (χ2v) is 5.25. The van der Waals surface area contributed by atoms with E-state index < -0.39 is 9.84 Å². The second-order valence-electron chi connectivity index (χ2n) is 3.32. The van der Waals surface area contributed by atoms with Crippen molar-refractivity contribution >= 4 is 9.84 Å². The Morgan fingerprint density at radius 3 is 2.36 bits per heavy atom. The molecule has 14 heavy (non-hydrogen) atoms. The molecule has 0 bridgehead atoms. The van der Waals surface area contributed by atoms with Crippen molar-refractivity contribution in [3.63, 3.8) is 0 Å². The van der Waals surface area contributed by atoms with Gasteiger partial charge in [-0.2, -0.15) is 0 Å². The molecule has 1 atom stereocenters. The van der Waals surface area contributed by atoms with Crippen molar-refractivity contribution in [1.29, 1.82) is 0 Å². The molecule has 1 unspecified atom stereocenters. The molecule has 0 spiro atoms. The van der Waals surface area contributed by atoms with E-state index >= 15 is 0 Å². The Morgan fingerprint density at radius 2 is 1.86 bits per heavy atom. The molecule has 0 N–H and O–H groups in total. The quantitative estimate of drug-likeness (QED) is 0.712. The molecule has 2 rings (SSSR count). The zero-order valence-corrected chi connectivity index (χ0v) is 8.17. The minimum Gasteiger partial charge on any atom is -0.224 e. The van der Waals surface area contributed by atoms with Gasteiger partial charge in [0.05, 0.1) is 5.75 Å². The third-order valence-corrected chi connectivity index (χ3v) is 3.62. The van der Waals surface area contributed by atoms with Crippen molar-refractivity contribution in [2.24, 2.45) is 0 Å². The number of allylic oxidation sites excluding steroid dienone is 1. The van der Waals surface area contributed by atoms with Gasteiger partial charge in [-0.25, -0.2) is 12.8 Å². The summed E-state index contributed by atoms with van der Waals surface area (Å²) in [6.07, 6.45) is 1.64. The first-order valence-electron chi connectivity index (χ1n) is 4.23. The molecule has 0 saturated carbocycles. The van der Waals surface area contributed by atoms with Crippen molar-refractivity contribution in [1.82, 2.24) is 0 Å². The fraction of sp³-hybridized carbons (Fsp3) is 0.200. The van der Waals surface area contributed by atoms with E-state index in [-0.39, 0.29) is 17.5 Å². The van der Waals surface area contributed by atoms with Gasteiger partial charge < -0.3 is 0 Å². The van der Waals surface area contributed by atoms with Crippen LogP contribution in [0.4, 0.5) is 4.39 Å². The number of hydrogen-bond acceptors (Lipinski definition) is 2. The Morgan fingerprint density at radius 1 is 1.21 bits per heavy atom. The molecule has 74 valence electrons. The van der Waals surface area contributed by atoms with E-state index in [2.05, 4.69) is 0 Å². The lowest BCUT2D eigenvalue weighted by Gasteiger charge is -2.05. The Balaban J connectivity index is 2.27. The van der Waals surface area contributed by atoms with E-state index in [0.717, 1.165) is 5.56 Å². The van der Waals surface area contributed by atoms with Gasteiger partial charge >= 0.3 is 0 Å². The Bertz CT molecular complexity index is 459. The molecule has 0 aromatic heterocycles. The summed E-state index contributed by atoms with van der Waals surface area (Å²) in [5, 5.41) is 1.22.